The summed E-state index contributed by atoms with van der Waals surface area (Å²) in [6, 6.07) is 7.67. The number of ether oxygens (including phenoxy) is 1. The van der Waals surface area contributed by atoms with Gasteiger partial charge in [0.1, 0.15) is 11.5 Å². The monoisotopic (exact) mass is 415 g/mol. The maximum atomic E-state index is 12.9. The highest BCUT2D eigenvalue weighted by atomic mass is 35.5. The standard InChI is InChI=1S/C25H34ClNO2/c1-6-7-13-25(4,5)16-18(3)23(28)20-10-8-19(9-11-20)22-15-17(2)24(29-22)21(26)12-14-27/h8-12,14-15,17-18H,6-7,13,16,27H2,1-5H3/b14-12-,24-21-/t17?,18-/m1/s1. The van der Waals surface area contributed by atoms with Gasteiger partial charge in [-0.05, 0) is 36.6 Å². The van der Waals surface area contributed by atoms with Gasteiger partial charge in [0.15, 0.2) is 5.78 Å². The van der Waals surface area contributed by atoms with Crippen LogP contribution < -0.4 is 5.73 Å². The summed E-state index contributed by atoms with van der Waals surface area (Å²) < 4.78 is 5.94. The van der Waals surface area contributed by atoms with E-state index in [0.717, 1.165) is 29.7 Å². The molecular formula is C25H34ClNO2. The Bertz CT molecular complexity index is 803. The maximum absolute atomic E-state index is 12.9. The second kappa shape index (κ2) is 10.2. The van der Waals surface area contributed by atoms with Crippen molar-refractivity contribution in [1.29, 1.82) is 0 Å². The summed E-state index contributed by atoms with van der Waals surface area (Å²) in [4.78, 5) is 12.9. The molecule has 0 radical (unpaired) electrons. The van der Waals surface area contributed by atoms with Crippen LogP contribution in [0.2, 0.25) is 0 Å². The van der Waals surface area contributed by atoms with Crippen molar-refractivity contribution in [1.82, 2.24) is 0 Å². The Hall–Kier alpha value is -2.00. The largest absolute Gasteiger partial charge is 0.459 e. The lowest BCUT2D eigenvalue weighted by atomic mass is 9.77. The molecule has 1 aromatic carbocycles. The van der Waals surface area contributed by atoms with Crippen LogP contribution in [0.25, 0.3) is 5.76 Å². The van der Waals surface area contributed by atoms with Gasteiger partial charge in [-0.25, -0.2) is 0 Å². The minimum atomic E-state index is 0.00562. The molecule has 2 atom stereocenters. The first-order chi connectivity index (χ1) is 13.7. The lowest BCUT2D eigenvalue weighted by Gasteiger charge is -2.27. The van der Waals surface area contributed by atoms with Crippen LogP contribution in [0.1, 0.15) is 76.2 Å². The van der Waals surface area contributed by atoms with Crippen LogP contribution in [0.15, 0.2) is 53.4 Å². The average molecular weight is 416 g/mol. The lowest BCUT2D eigenvalue weighted by Crippen LogP contribution is -2.21. The van der Waals surface area contributed by atoms with Crippen molar-refractivity contribution in [2.24, 2.45) is 23.0 Å². The topological polar surface area (TPSA) is 52.3 Å². The summed E-state index contributed by atoms with van der Waals surface area (Å²) in [5.74, 6) is 1.72. The van der Waals surface area contributed by atoms with E-state index in [2.05, 4.69) is 20.8 Å². The molecule has 1 heterocycles. The van der Waals surface area contributed by atoms with E-state index in [0.29, 0.717) is 10.8 Å². The fourth-order valence-electron chi connectivity index (χ4n) is 3.90. The van der Waals surface area contributed by atoms with Crippen molar-refractivity contribution < 1.29 is 9.53 Å². The third-order valence-electron chi connectivity index (χ3n) is 5.48. The molecule has 29 heavy (non-hydrogen) atoms. The summed E-state index contributed by atoms with van der Waals surface area (Å²) in [7, 11) is 0. The molecule has 4 heteroatoms. The molecular weight excluding hydrogens is 382 g/mol. The average Bonchev–Trinajstić information content (AvgIpc) is 3.07. The summed E-state index contributed by atoms with van der Waals surface area (Å²) in [5, 5.41) is 0.498. The van der Waals surface area contributed by atoms with Gasteiger partial charge in [-0.1, -0.05) is 83.3 Å². The Morgan fingerprint density at radius 1 is 1.31 bits per heavy atom. The van der Waals surface area contributed by atoms with E-state index in [1.54, 1.807) is 6.08 Å². The number of carbonyl (C=O) groups is 1. The molecule has 1 unspecified atom stereocenters. The number of nitrogens with two attached hydrogens (primary N) is 1. The second-order valence-electron chi connectivity index (χ2n) is 8.81. The molecule has 2 rings (SSSR count). The normalized spacial score (nSPS) is 19.8. The van der Waals surface area contributed by atoms with Crippen LogP contribution in [0, 0.1) is 17.3 Å². The SMILES string of the molecule is CCCCC(C)(C)C[C@@H](C)C(=O)c1ccc(C2=CC(C)/C(=C(Cl)\C=C/N)O2)cc1. The minimum absolute atomic E-state index is 0.00562. The van der Waals surface area contributed by atoms with E-state index in [1.165, 1.54) is 19.0 Å². The van der Waals surface area contributed by atoms with Crippen molar-refractivity contribution in [2.75, 3.05) is 0 Å². The molecule has 0 aromatic heterocycles. The molecule has 2 N–H and O–H groups in total. The predicted molar refractivity (Wildman–Crippen MR) is 122 cm³/mol. The first kappa shape index (κ1) is 23.3. The molecule has 0 saturated heterocycles. The van der Waals surface area contributed by atoms with Crippen molar-refractivity contribution >= 4 is 23.1 Å². The van der Waals surface area contributed by atoms with Crippen LogP contribution in [-0.2, 0) is 4.74 Å². The van der Waals surface area contributed by atoms with Crippen molar-refractivity contribution in [3.05, 3.63) is 64.5 Å². The van der Waals surface area contributed by atoms with E-state index >= 15 is 0 Å². The second-order valence-corrected chi connectivity index (χ2v) is 9.21. The van der Waals surface area contributed by atoms with Crippen LogP contribution in [0.3, 0.4) is 0 Å². The van der Waals surface area contributed by atoms with Crippen molar-refractivity contribution in [3.63, 3.8) is 0 Å². The number of carbonyl (C=O) groups excluding carboxylic acids is 1. The molecule has 1 aliphatic rings. The Morgan fingerprint density at radius 3 is 2.55 bits per heavy atom. The van der Waals surface area contributed by atoms with E-state index < -0.39 is 0 Å². The number of allylic oxidation sites excluding steroid dienone is 3. The number of unbranched alkanes of at least 4 members (excludes halogenated alkanes) is 1. The summed E-state index contributed by atoms with van der Waals surface area (Å²) >= 11 is 6.23. The first-order valence-electron chi connectivity index (χ1n) is 10.5. The third-order valence-corrected chi connectivity index (χ3v) is 5.79. The Kier molecular flexibility index (Phi) is 8.15. The fourth-order valence-corrected chi connectivity index (χ4v) is 4.18. The number of Topliss-reactive ketones (excluding diaryl/α,β-unsaturated/α-hetero) is 1. The van der Waals surface area contributed by atoms with Gasteiger partial charge in [0.2, 0.25) is 0 Å². The zero-order chi connectivity index (χ0) is 21.6. The van der Waals surface area contributed by atoms with Gasteiger partial charge >= 0.3 is 0 Å². The highest BCUT2D eigenvalue weighted by Gasteiger charge is 2.26. The number of halogens is 1. The quantitative estimate of drug-likeness (QED) is 0.440. The summed E-state index contributed by atoms with van der Waals surface area (Å²) in [6.45, 7) is 10.8. The molecule has 1 aliphatic heterocycles. The van der Waals surface area contributed by atoms with E-state index in [1.807, 2.05) is 44.2 Å². The molecule has 1 aromatic rings. The van der Waals surface area contributed by atoms with E-state index in [-0.39, 0.29) is 23.0 Å². The van der Waals surface area contributed by atoms with Crippen molar-refractivity contribution in [2.45, 2.75) is 60.3 Å². The predicted octanol–water partition coefficient (Wildman–Crippen LogP) is 7.04. The zero-order valence-electron chi connectivity index (χ0n) is 18.3. The van der Waals surface area contributed by atoms with Gasteiger partial charge < -0.3 is 10.5 Å². The molecule has 0 bridgehead atoms. The number of hydrogen-bond donors (Lipinski definition) is 1. The van der Waals surface area contributed by atoms with Gasteiger partial charge in [-0.15, -0.1) is 0 Å². The van der Waals surface area contributed by atoms with Gasteiger partial charge in [-0.2, -0.15) is 0 Å². The van der Waals surface area contributed by atoms with Crippen LogP contribution in [-0.4, -0.2) is 5.78 Å². The lowest BCUT2D eigenvalue weighted by molar-refractivity contribution is 0.0887. The van der Waals surface area contributed by atoms with E-state index in [4.69, 9.17) is 22.1 Å². The van der Waals surface area contributed by atoms with Gasteiger partial charge in [0.05, 0.1) is 5.03 Å². The highest BCUT2D eigenvalue weighted by Crippen LogP contribution is 2.36. The maximum Gasteiger partial charge on any atom is 0.165 e. The molecule has 0 saturated carbocycles. The highest BCUT2D eigenvalue weighted by molar-refractivity contribution is 6.31. The zero-order valence-corrected chi connectivity index (χ0v) is 19.1. The van der Waals surface area contributed by atoms with Gasteiger partial charge in [0.25, 0.3) is 0 Å². The molecule has 0 aliphatic carbocycles. The van der Waals surface area contributed by atoms with Crippen LogP contribution in [0.5, 0.6) is 0 Å². The number of hydrogen-bond acceptors (Lipinski definition) is 3. The van der Waals surface area contributed by atoms with Gasteiger partial charge in [0, 0.05) is 23.0 Å². The number of benzene rings is 1. The Morgan fingerprint density at radius 2 is 1.97 bits per heavy atom. The molecule has 3 nitrogen and oxygen atoms in total. The van der Waals surface area contributed by atoms with Crippen LogP contribution in [0.4, 0.5) is 0 Å². The summed E-state index contributed by atoms with van der Waals surface area (Å²) in [6.07, 6.45) is 9.50. The Balaban J connectivity index is 2.08. The smallest absolute Gasteiger partial charge is 0.165 e. The Labute approximate surface area is 180 Å². The first-order valence-corrected chi connectivity index (χ1v) is 10.9. The van der Waals surface area contributed by atoms with Crippen molar-refractivity contribution in [3.8, 4) is 0 Å². The molecule has 0 fully saturated rings. The third kappa shape index (κ3) is 6.24. The minimum Gasteiger partial charge on any atom is -0.459 e. The molecule has 158 valence electrons. The van der Waals surface area contributed by atoms with Crippen LogP contribution >= 0.6 is 11.6 Å². The van der Waals surface area contributed by atoms with E-state index in [9.17, 15) is 4.79 Å². The van der Waals surface area contributed by atoms with Gasteiger partial charge in [-0.3, -0.25) is 4.79 Å². The fraction of sp³-hybridized carbons (Fsp3) is 0.480. The number of rotatable bonds is 9. The molecule has 0 spiro atoms. The molecule has 0 amide bonds. The number of ketones is 1. The summed E-state index contributed by atoms with van der Waals surface area (Å²) in [5.41, 5.74) is 7.28.